The third-order valence-corrected chi connectivity index (χ3v) is 4.53. The highest BCUT2D eigenvalue weighted by Gasteiger charge is 2.26. The van der Waals surface area contributed by atoms with E-state index in [2.05, 4.69) is 10.3 Å². The van der Waals surface area contributed by atoms with Crippen LogP contribution in [-0.2, 0) is 4.79 Å². The predicted octanol–water partition coefficient (Wildman–Crippen LogP) is 2.57. The van der Waals surface area contributed by atoms with Gasteiger partial charge in [0.2, 0.25) is 5.91 Å². The maximum atomic E-state index is 12.1. The molecule has 1 atom stereocenters. The highest BCUT2D eigenvalue weighted by Crippen LogP contribution is 2.31. The van der Waals surface area contributed by atoms with Gasteiger partial charge in [0.05, 0.1) is 6.04 Å². The highest BCUT2D eigenvalue weighted by atomic mass is 35.5. The first-order chi connectivity index (χ1) is 10.1. The SMILES string of the molecule is O=C(CC1CSc2nccc(=O)n21)Nc1ccc(Cl)cc1. The van der Waals surface area contributed by atoms with Gasteiger partial charge < -0.3 is 5.32 Å². The first-order valence-corrected chi connectivity index (χ1v) is 7.75. The molecule has 1 aliphatic rings. The lowest BCUT2D eigenvalue weighted by molar-refractivity contribution is -0.116. The molecule has 0 aliphatic carbocycles. The minimum absolute atomic E-state index is 0.116. The Morgan fingerprint density at radius 2 is 2.14 bits per heavy atom. The molecule has 2 heterocycles. The molecule has 21 heavy (non-hydrogen) atoms. The smallest absolute Gasteiger partial charge is 0.254 e. The Morgan fingerprint density at radius 1 is 1.38 bits per heavy atom. The zero-order chi connectivity index (χ0) is 14.8. The van der Waals surface area contributed by atoms with E-state index in [1.54, 1.807) is 28.8 Å². The first kappa shape index (κ1) is 14.2. The van der Waals surface area contributed by atoms with Gasteiger partial charge in [-0.05, 0) is 24.3 Å². The van der Waals surface area contributed by atoms with Crippen LogP contribution < -0.4 is 10.9 Å². The van der Waals surface area contributed by atoms with E-state index in [0.29, 0.717) is 21.6 Å². The number of amides is 1. The topological polar surface area (TPSA) is 64.0 Å². The zero-order valence-corrected chi connectivity index (χ0v) is 12.5. The summed E-state index contributed by atoms with van der Waals surface area (Å²) >= 11 is 7.29. The second kappa shape index (κ2) is 5.91. The van der Waals surface area contributed by atoms with E-state index < -0.39 is 0 Å². The van der Waals surface area contributed by atoms with Crippen LogP contribution in [0.25, 0.3) is 0 Å². The number of thioether (sulfide) groups is 1. The number of aromatic nitrogens is 2. The van der Waals surface area contributed by atoms with Crippen molar-refractivity contribution in [1.82, 2.24) is 9.55 Å². The number of fused-ring (bicyclic) bond motifs is 1. The van der Waals surface area contributed by atoms with Crippen molar-refractivity contribution in [3.63, 3.8) is 0 Å². The minimum Gasteiger partial charge on any atom is -0.326 e. The fourth-order valence-electron chi connectivity index (χ4n) is 2.20. The molecule has 0 bridgehead atoms. The number of hydrogen-bond donors (Lipinski definition) is 1. The molecule has 1 unspecified atom stereocenters. The molecule has 1 aliphatic heterocycles. The average molecular weight is 322 g/mol. The molecule has 0 spiro atoms. The van der Waals surface area contributed by atoms with Crippen LogP contribution in [-0.4, -0.2) is 21.2 Å². The van der Waals surface area contributed by atoms with Crippen LogP contribution in [0.5, 0.6) is 0 Å². The van der Waals surface area contributed by atoms with Gasteiger partial charge in [-0.1, -0.05) is 23.4 Å². The summed E-state index contributed by atoms with van der Waals surface area (Å²) in [4.78, 5) is 28.1. The summed E-state index contributed by atoms with van der Waals surface area (Å²) in [6, 6.07) is 8.17. The van der Waals surface area contributed by atoms with Gasteiger partial charge in [-0.2, -0.15) is 0 Å². The third-order valence-electron chi connectivity index (χ3n) is 3.16. The van der Waals surface area contributed by atoms with Crippen LogP contribution in [0.4, 0.5) is 5.69 Å². The van der Waals surface area contributed by atoms with Gasteiger partial charge >= 0.3 is 0 Å². The molecule has 3 rings (SSSR count). The standard InChI is InChI=1S/C14H12ClN3O2S/c15-9-1-3-10(4-2-9)17-12(19)7-11-8-21-14-16-6-5-13(20)18(11)14/h1-6,11H,7-8H2,(H,17,19). The molecule has 0 saturated heterocycles. The van der Waals surface area contributed by atoms with Crippen molar-refractivity contribution < 1.29 is 4.79 Å². The maximum Gasteiger partial charge on any atom is 0.254 e. The summed E-state index contributed by atoms with van der Waals surface area (Å²) in [5.74, 6) is 0.548. The number of halogens is 1. The molecule has 2 aromatic rings. The van der Waals surface area contributed by atoms with Gasteiger partial charge in [0.1, 0.15) is 0 Å². The molecule has 5 nitrogen and oxygen atoms in total. The Morgan fingerprint density at radius 3 is 2.90 bits per heavy atom. The van der Waals surface area contributed by atoms with Gasteiger partial charge in [-0.15, -0.1) is 0 Å². The molecule has 0 fully saturated rings. The Hall–Kier alpha value is -1.79. The van der Waals surface area contributed by atoms with E-state index in [-0.39, 0.29) is 23.9 Å². The van der Waals surface area contributed by atoms with Crippen molar-refractivity contribution in [1.29, 1.82) is 0 Å². The number of nitrogens with one attached hydrogen (secondary N) is 1. The van der Waals surface area contributed by atoms with Crippen LogP contribution in [0.1, 0.15) is 12.5 Å². The normalized spacial score (nSPS) is 16.5. The summed E-state index contributed by atoms with van der Waals surface area (Å²) in [6.07, 6.45) is 1.74. The van der Waals surface area contributed by atoms with E-state index in [1.165, 1.54) is 24.0 Å². The van der Waals surface area contributed by atoms with E-state index in [0.717, 1.165) is 0 Å². The monoisotopic (exact) mass is 321 g/mol. The second-order valence-corrected chi connectivity index (χ2v) is 6.08. The largest absolute Gasteiger partial charge is 0.326 e. The summed E-state index contributed by atoms with van der Waals surface area (Å²) in [6.45, 7) is 0. The molecule has 1 aromatic heterocycles. The molecule has 1 N–H and O–H groups in total. The van der Waals surface area contributed by atoms with E-state index >= 15 is 0 Å². The maximum absolute atomic E-state index is 12.1. The van der Waals surface area contributed by atoms with Gasteiger partial charge in [0.25, 0.3) is 5.56 Å². The van der Waals surface area contributed by atoms with E-state index in [1.807, 2.05) is 0 Å². The van der Waals surface area contributed by atoms with Crippen LogP contribution in [0, 0.1) is 0 Å². The number of carbonyl (C=O) groups is 1. The first-order valence-electron chi connectivity index (χ1n) is 6.39. The Labute approximate surface area is 130 Å². The summed E-state index contributed by atoms with van der Waals surface area (Å²) < 4.78 is 1.59. The minimum atomic E-state index is -0.154. The lowest BCUT2D eigenvalue weighted by Gasteiger charge is -2.12. The number of carbonyl (C=O) groups excluding carboxylic acids is 1. The van der Waals surface area contributed by atoms with E-state index in [4.69, 9.17) is 11.6 Å². The molecule has 1 aromatic carbocycles. The van der Waals surface area contributed by atoms with Crippen LogP contribution in [0.2, 0.25) is 5.02 Å². The fourth-order valence-corrected chi connectivity index (χ4v) is 3.45. The van der Waals surface area contributed by atoms with Crippen molar-refractivity contribution in [3.8, 4) is 0 Å². The third kappa shape index (κ3) is 3.11. The Balaban J connectivity index is 1.70. The number of nitrogens with zero attached hydrogens (tertiary/aromatic N) is 2. The molecular weight excluding hydrogens is 310 g/mol. The lowest BCUT2D eigenvalue weighted by Crippen LogP contribution is -2.26. The van der Waals surface area contributed by atoms with Crippen LogP contribution in [0.15, 0.2) is 46.5 Å². The predicted molar refractivity (Wildman–Crippen MR) is 83.0 cm³/mol. The average Bonchev–Trinajstić information content (AvgIpc) is 2.86. The van der Waals surface area contributed by atoms with Gasteiger partial charge in [0, 0.05) is 35.1 Å². The van der Waals surface area contributed by atoms with Crippen molar-refractivity contribution in [3.05, 3.63) is 51.9 Å². The van der Waals surface area contributed by atoms with Crippen molar-refractivity contribution >= 4 is 35.0 Å². The lowest BCUT2D eigenvalue weighted by atomic mass is 10.2. The number of hydrogen-bond acceptors (Lipinski definition) is 4. The molecule has 108 valence electrons. The van der Waals surface area contributed by atoms with Crippen LogP contribution in [0.3, 0.4) is 0 Å². The van der Waals surface area contributed by atoms with E-state index in [9.17, 15) is 9.59 Å². The summed E-state index contributed by atoms with van der Waals surface area (Å²) in [5, 5.41) is 4.09. The Bertz CT molecular complexity index is 730. The van der Waals surface area contributed by atoms with Crippen LogP contribution >= 0.6 is 23.4 Å². The van der Waals surface area contributed by atoms with Crippen molar-refractivity contribution in [2.45, 2.75) is 17.6 Å². The Kier molecular flexibility index (Phi) is 3.98. The quantitative estimate of drug-likeness (QED) is 0.882. The molecule has 1 amide bonds. The molecule has 7 heteroatoms. The summed E-state index contributed by atoms with van der Waals surface area (Å²) in [7, 11) is 0. The van der Waals surface area contributed by atoms with Crippen molar-refractivity contribution in [2.24, 2.45) is 0 Å². The molecule has 0 radical (unpaired) electrons. The van der Waals surface area contributed by atoms with Gasteiger partial charge in [-0.3, -0.25) is 14.2 Å². The number of anilines is 1. The molecular formula is C14H12ClN3O2S. The zero-order valence-electron chi connectivity index (χ0n) is 11.0. The van der Waals surface area contributed by atoms with Gasteiger partial charge in [0.15, 0.2) is 5.16 Å². The fraction of sp³-hybridized carbons (Fsp3) is 0.214. The number of benzene rings is 1. The van der Waals surface area contributed by atoms with Crippen molar-refractivity contribution in [2.75, 3.05) is 11.1 Å². The summed E-state index contributed by atoms with van der Waals surface area (Å²) in [5.41, 5.74) is 0.572. The highest BCUT2D eigenvalue weighted by molar-refractivity contribution is 7.99. The second-order valence-electron chi connectivity index (χ2n) is 4.66. The van der Waals surface area contributed by atoms with Gasteiger partial charge in [-0.25, -0.2) is 4.98 Å². The molecule has 0 saturated carbocycles. The number of rotatable bonds is 3.